The maximum Gasteiger partial charge on any atom is 0.313 e. The van der Waals surface area contributed by atoms with Crippen LogP contribution in [0.1, 0.15) is 5.56 Å². The van der Waals surface area contributed by atoms with Crippen molar-refractivity contribution >= 4 is 29.2 Å². The summed E-state index contributed by atoms with van der Waals surface area (Å²) in [6.07, 6.45) is 0. The van der Waals surface area contributed by atoms with Crippen molar-refractivity contribution in [1.29, 1.82) is 0 Å². The summed E-state index contributed by atoms with van der Waals surface area (Å²) in [5, 5.41) is 8.45. The Labute approximate surface area is 148 Å². The zero-order valence-corrected chi connectivity index (χ0v) is 14.1. The second-order valence-electron chi connectivity index (χ2n) is 4.85. The van der Waals surface area contributed by atoms with Crippen molar-refractivity contribution in [2.45, 2.75) is 6.61 Å². The highest BCUT2D eigenvalue weighted by atomic mass is 35.5. The monoisotopic (exact) mass is 365 g/mol. The number of halogens is 2. The molecule has 0 bridgehead atoms. The zero-order chi connectivity index (χ0) is 17.1. The fourth-order valence-electron chi connectivity index (χ4n) is 2.06. The molecule has 8 heteroatoms. The van der Waals surface area contributed by atoms with Gasteiger partial charge in [-0.3, -0.25) is 0 Å². The second-order valence-corrected chi connectivity index (χ2v) is 5.66. The molecule has 0 aliphatic carbocycles. The molecule has 3 aromatic rings. The SMILES string of the molecule is COc1cc(-c2nnc(N)o2)ccc1OCc1ccc(Cl)c(Cl)c1. The number of nitrogens with two attached hydrogens (primary N) is 1. The number of hydrogen-bond acceptors (Lipinski definition) is 6. The first-order chi connectivity index (χ1) is 11.6. The Morgan fingerprint density at radius 2 is 1.88 bits per heavy atom. The third kappa shape index (κ3) is 3.55. The second kappa shape index (κ2) is 6.98. The van der Waals surface area contributed by atoms with Gasteiger partial charge >= 0.3 is 6.01 Å². The maximum absolute atomic E-state index is 6.00. The van der Waals surface area contributed by atoms with Crippen molar-refractivity contribution in [3.05, 3.63) is 52.0 Å². The lowest BCUT2D eigenvalue weighted by Gasteiger charge is -2.12. The van der Waals surface area contributed by atoms with Crippen LogP contribution in [0.2, 0.25) is 10.0 Å². The number of methoxy groups -OCH3 is 1. The van der Waals surface area contributed by atoms with E-state index in [1.54, 1.807) is 37.4 Å². The molecule has 0 atom stereocenters. The molecule has 0 aliphatic heterocycles. The molecule has 0 aliphatic rings. The van der Waals surface area contributed by atoms with Gasteiger partial charge < -0.3 is 19.6 Å². The third-order valence-electron chi connectivity index (χ3n) is 3.23. The van der Waals surface area contributed by atoms with E-state index in [9.17, 15) is 0 Å². The predicted octanol–water partition coefficient (Wildman–Crippen LogP) is 4.21. The summed E-state index contributed by atoms with van der Waals surface area (Å²) in [5.74, 6) is 1.41. The van der Waals surface area contributed by atoms with E-state index in [2.05, 4.69) is 10.2 Å². The van der Waals surface area contributed by atoms with E-state index in [0.717, 1.165) is 5.56 Å². The van der Waals surface area contributed by atoms with Crippen LogP contribution in [0.25, 0.3) is 11.5 Å². The molecule has 2 N–H and O–H groups in total. The quantitative estimate of drug-likeness (QED) is 0.728. The summed E-state index contributed by atoms with van der Waals surface area (Å²) >= 11 is 11.9. The number of nitrogens with zero attached hydrogens (tertiary/aromatic N) is 2. The maximum atomic E-state index is 6.00. The number of ether oxygens (including phenoxy) is 2. The Morgan fingerprint density at radius 3 is 2.54 bits per heavy atom. The van der Waals surface area contributed by atoms with Crippen molar-refractivity contribution < 1.29 is 13.9 Å². The van der Waals surface area contributed by atoms with Gasteiger partial charge in [0.05, 0.1) is 17.2 Å². The molecular weight excluding hydrogens is 353 g/mol. The molecule has 0 spiro atoms. The van der Waals surface area contributed by atoms with Gasteiger partial charge in [-0.2, -0.15) is 0 Å². The molecule has 0 amide bonds. The molecular formula is C16H13Cl2N3O3. The number of aromatic nitrogens is 2. The van der Waals surface area contributed by atoms with Crippen LogP contribution in [0.15, 0.2) is 40.8 Å². The summed E-state index contributed by atoms with van der Waals surface area (Å²) < 4.78 is 16.3. The molecule has 1 aromatic heterocycles. The van der Waals surface area contributed by atoms with E-state index in [1.165, 1.54) is 0 Å². The molecule has 24 heavy (non-hydrogen) atoms. The minimum Gasteiger partial charge on any atom is -0.493 e. The molecule has 124 valence electrons. The molecule has 2 aromatic carbocycles. The Balaban J connectivity index is 1.79. The van der Waals surface area contributed by atoms with Crippen molar-refractivity contribution in [2.75, 3.05) is 12.8 Å². The lowest BCUT2D eigenvalue weighted by Crippen LogP contribution is -1.98. The molecule has 6 nitrogen and oxygen atoms in total. The highest BCUT2D eigenvalue weighted by molar-refractivity contribution is 6.42. The fourth-order valence-corrected chi connectivity index (χ4v) is 2.38. The van der Waals surface area contributed by atoms with Crippen molar-refractivity contribution in [3.63, 3.8) is 0 Å². The Kier molecular flexibility index (Phi) is 4.78. The van der Waals surface area contributed by atoms with Crippen LogP contribution in [0.4, 0.5) is 6.01 Å². The first-order valence-corrected chi connectivity index (χ1v) is 7.66. The van der Waals surface area contributed by atoms with E-state index in [0.29, 0.717) is 39.6 Å². The summed E-state index contributed by atoms with van der Waals surface area (Å²) in [6, 6.07) is 10.6. The predicted molar refractivity (Wildman–Crippen MR) is 91.5 cm³/mol. The highest BCUT2D eigenvalue weighted by Gasteiger charge is 2.12. The normalized spacial score (nSPS) is 10.6. The molecule has 0 saturated carbocycles. The van der Waals surface area contributed by atoms with Crippen LogP contribution in [0.5, 0.6) is 11.5 Å². The summed E-state index contributed by atoms with van der Waals surface area (Å²) in [7, 11) is 1.55. The topological polar surface area (TPSA) is 83.4 Å². The minimum absolute atomic E-state index is 0.00362. The minimum atomic E-state index is 0.00362. The molecule has 0 fully saturated rings. The lowest BCUT2D eigenvalue weighted by atomic mass is 10.2. The first kappa shape index (κ1) is 16.4. The first-order valence-electron chi connectivity index (χ1n) is 6.91. The van der Waals surface area contributed by atoms with E-state index < -0.39 is 0 Å². The van der Waals surface area contributed by atoms with Gasteiger partial charge in [0.15, 0.2) is 11.5 Å². The molecule has 1 heterocycles. The largest absolute Gasteiger partial charge is 0.493 e. The third-order valence-corrected chi connectivity index (χ3v) is 3.97. The van der Waals surface area contributed by atoms with Gasteiger partial charge in [-0.25, -0.2) is 0 Å². The van der Waals surface area contributed by atoms with E-state index in [4.69, 9.17) is 42.8 Å². The smallest absolute Gasteiger partial charge is 0.313 e. The average Bonchev–Trinajstić information content (AvgIpc) is 3.02. The Bertz CT molecular complexity index is 868. The standard InChI is InChI=1S/C16H13Cl2N3O3/c1-22-14-7-10(15-20-21-16(19)24-15)3-5-13(14)23-8-9-2-4-11(17)12(18)6-9/h2-7H,8H2,1H3,(H2,19,21). The van der Waals surface area contributed by atoms with Crippen LogP contribution in [-0.4, -0.2) is 17.3 Å². The molecule has 0 unspecified atom stereocenters. The number of rotatable bonds is 5. The molecule has 0 saturated heterocycles. The average molecular weight is 366 g/mol. The number of hydrogen-bond donors (Lipinski definition) is 1. The van der Waals surface area contributed by atoms with E-state index in [1.807, 2.05) is 6.07 Å². The molecule has 3 rings (SSSR count). The van der Waals surface area contributed by atoms with Crippen LogP contribution in [0, 0.1) is 0 Å². The van der Waals surface area contributed by atoms with Gasteiger partial charge in [0.1, 0.15) is 6.61 Å². The summed E-state index contributed by atoms with van der Waals surface area (Å²) in [5.41, 5.74) is 7.00. The number of anilines is 1. The number of benzene rings is 2. The van der Waals surface area contributed by atoms with Gasteiger partial charge in [0.2, 0.25) is 5.89 Å². The van der Waals surface area contributed by atoms with E-state index >= 15 is 0 Å². The van der Waals surface area contributed by atoms with Crippen LogP contribution >= 0.6 is 23.2 Å². The van der Waals surface area contributed by atoms with Crippen molar-refractivity contribution in [2.24, 2.45) is 0 Å². The fraction of sp³-hybridized carbons (Fsp3) is 0.125. The Morgan fingerprint density at radius 1 is 1.04 bits per heavy atom. The van der Waals surface area contributed by atoms with Crippen LogP contribution in [0.3, 0.4) is 0 Å². The van der Waals surface area contributed by atoms with Gasteiger partial charge in [-0.05, 0) is 35.9 Å². The van der Waals surface area contributed by atoms with Gasteiger partial charge in [-0.1, -0.05) is 34.4 Å². The van der Waals surface area contributed by atoms with Crippen LogP contribution in [-0.2, 0) is 6.61 Å². The van der Waals surface area contributed by atoms with Crippen molar-refractivity contribution in [3.8, 4) is 23.0 Å². The molecule has 0 radical (unpaired) electrons. The zero-order valence-electron chi connectivity index (χ0n) is 12.6. The Hall–Kier alpha value is -2.44. The van der Waals surface area contributed by atoms with Gasteiger partial charge in [0.25, 0.3) is 0 Å². The van der Waals surface area contributed by atoms with E-state index in [-0.39, 0.29) is 6.01 Å². The summed E-state index contributed by atoms with van der Waals surface area (Å²) in [6.45, 7) is 0.320. The van der Waals surface area contributed by atoms with Gasteiger partial charge in [0, 0.05) is 5.56 Å². The summed E-state index contributed by atoms with van der Waals surface area (Å²) in [4.78, 5) is 0. The van der Waals surface area contributed by atoms with Crippen molar-refractivity contribution in [1.82, 2.24) is 10.2 Å². The number of nitrogen functional groups attached to an aromatic ring is 1. The van der Waals surface area contributed by atoms with Crippen LogP contribution < -0.4 is 15.2 Å². The van der Waals surface area contributed by atoms with Gasteiger partial charge in [-0.15, -0.1) is 5.10 Å². The highest BCUT2D eigenvalue weighted by Crippen LogP contribution is 2.33. The lowest BCUT2D eigenvalue weighted by molar-refractivity contribution is 0.284.